The molecule has 0 atom stereocenters. The number of carbonyl (C=O) groups excluding carboxylic acids is 2. The Hall–Kier alpha value is -3.22. The normalized spacial score (nSPS) is 17.4. The molecule has 1 aliphatic heterocycles. The van der Waals surface area contributed by atoms with Crippen molar-refractivity contribution in [2.24, 2.45) is 11.8 Å². The smallest absolute Gasteiger partial charge is 0.234 e. The molecular formula is C22H23N5O2. The van der Waals surface area contributed by atoms with Gasteiger partial charge in [-0.25, -0.2) is 9.97 Å². The third-order valence-electron chi connectivity index (χ3n) is 5.79. The number of hydrogen-bond acceptors (Lipinski definition) is 4. The Balaban J connectivity index is 1.19. The summed E-state index contributed by atoms with van der Waals surface area (Å²) in [5.41, 5.74) is 2.59. The van der Waals surface area contributed by atoms with Crippen LogP contribution in [0.15, 0.2) is 48.9 Å². The van der Waals surface area contributed by atoms with Crippen molar-refractivity contribution < 1.29 is 9.59 Å². The summed E-state index contributed by atoms with van der Waals surface area (Å²) in [6.45, 7) is 1.38. The standard InChI is InChI=1S/C22H23N5O2/c28-20(16-8-12-26(13-9-16)21(29)17-2-3-17)24-18-6-4-15(5-7-18)19-14-27-11-1-10-23-22(27)25-19/h1,4-7,10-11,14,16-17H,2-3,8-9,12-13H2,(H,24,28). The van der Waals surface area contributed by atoms with Crippen molar-refractivity contribution in [3.8, 4) is 11.3 Å². The highest BCUT2D eigenvalue weighted by atomic mass is 16.2. The van der Waals surface area contributed by atoms with Crippen LogP contribution in [0, 0.1) is 11.8 Å². The number of nitrogens with zero attached hydrogens (tertiary/aromatic N) is 4. The summed E-state index contributed by atoms with van der Waals surface area (Å²) in [4.78, 5) is 35.5. The SMILES string of the molecule is O=C(Nc1ccc(-c2cn3cccnc3n2)cc1)C1CCN(C(=O)C2CC2)CC1. The first-order chi connectivity index (χ1) is 14.2. The predicted molar refractivity (Wildman–Crippen MR) is 109 cm³/mol. The first kappa shape index (κ1) is 17.8. The quantitative estimate of drug-likeness (QED) is 0.744. The van der Waals surface area contributed by atoms with Crippen molar-refractivity contribution >= 4 is 23.3 Å². The molecule has 1 aliphatic carbocycles. The highest BCUT2D eigenvalue weighted by molar-refractivity contribution is 5.93. The highest BCUT2D eigenvalue weighted by Crippen LogP contribution is 2.32. The molecule has 0 spiro atoms. The molecule has 1 saturated heterocycles. The lowest BCUT2D eigenvalue weighted by Crippen LogP contribution is -2.42. The third-order valence-corrected chi connectivity index (χ3v) is 5.79. The largest absolute Gasteiger partial charge is 0.342 e. The van der Waals surface area contributed by atoms with Crippen LogP contribution in [0.25, 0.3) is 17.0 Å². The van der Waals surface area contributed by atoms with E-state index in [0.29, 0.717) is 18.9 Å². The monoisotopic (exact) mass is 389 g/mol. The Bertz CT molecular complexity index is 1010. The van der Waals surface area contributed by atoms with Crippen molar-refractivity contribution in [3.63, 3.8) is 0 Å². The minimum atomic E-state index is -0.0394. The fourth-order valence-corrected chi connectivity index (χ4v) is 3.89. The van der Waals surface area contributed by atoms with Gasteiger partial charge < -0.3 is 10.2 Å². The summed E-state index contributed by atoms with van der Waals surface area (Å²) in [5.74, 6) is 1.19. The zero-order chi connectivity index (χ0) is 19.8. The van der Waals surface area contributed by atoms with Crippen molar-refractivity contribution in [2.75, 3.05) is 18.4 Å². The zero-order valence-corrected chi connectivity index (χ0v) is 16.1. The second kappa shape index (κ2) is 7.31. The summed E-state index contributed by atoms with van der Waals surface area (Å²) in [5, 5.41) is 3.02. The molecule has 2 fully saturated rings. The van der Waals surface area contributed by atoms with Crippen LogP contribution in [0.2, 0.25) is 0 Å². The number of piperidine rings is 1. The van der Waals surface area contributed by atoms with Crippen LogP contribution in [0.3, 0.4) is 0 Å². The molecule has 3 heterocycles. The molecule has 0 unspecified atom stereocenters. The van der Waals surface area contributed by atoms with Gasteiger partial charge in [-0.3, -0.25) is 14.0 Å². The van der Waals surface area contributed by atoms with Gasteiger partial charge in [-0.2, -0.15) is 0 Å². The fourth-order valence-electron chi connectivity index (χ4n) is 3.89. The molecule has 29 heavy (non-hydrogen) atoms. The molecule has 1 aromatic carbocycles. The van der Waals surface area contributed by atoms with Crippen LogP contribution in [0.5, 0.6) is 0 Å². The molecule has 1 N–H and O–H groups in total. The number of nitrogens with one attached hydrogen (secondary N) is 1. The minimum Gasteiger partial charge on any atom is -0.342 e. The summed E-state index contributed by atoms with van der Waals surface area (Å²) in [7, 11) is 0. The topological polar surface area (TPSA) is 79.6 Å². The van der Waals surface area contributed by atoms with Gasteiger partial charge in [0, 0.05) is 54.8 Å². The van der Waals surface area contributed by atoms with Crippen LogP contribution in [0.4, 0.5) is 5.69 Å². The van der Waals surface area contributed by atoms with E-state index < -0.39 is 0 Å². The Kier molecular flexibility index (Phi) is 4.50. The number of aromatic nitrogens is 3. The van der Waals surface area contributed by atoms with E-state index >= 15 is 0 Å². The Labute approximate surface area is 168 Å². The maximum atomic E-state index is 12.6. The lowest BCUT2D eigenvalue weighted by molar-refractivity contribution is -0.135. The van der Waals surface area contributed by atoms with Crippen LogP contribution in [-0.4, -0.2) is 44.2 Å². The van der Waals surface area contributed by atoms with E-state index in [1.165, 1.54) is 0 Å². The molecule has 5 rings (SSSR count). The van der Waals surface area contributed by atoms with Crippen LogP contribution in [-0.2, 0) is 9.59 Å². The summed E-state index contributed by atoms with van der Waals surface area (Å²) >= 11 is 0. The number of rotatable bonds is 4. The minimum absolute atomic E-state index is 0.0354. The van der Waals surface area contributed by atoms with Crippen molar-refractivity contribution in [2.45, 2.75) is 25.7 Å². The number of anilines is 1. The van der Waals surface area contributed by atoms with Crippen molar-refractivity contribution in [1.29, 1.82) is 0 Å². The second-order valence-corrected chi connectivity index (χ2v) is 7.89. The maximum absolute atomic E-state index is 12.6. The van der Waals surface area contributed by atoms with Crippen LogP contribution >= 0.6 is 0 Å². The van der Waals surface area contributed by atoms with Gasteiger partial charge >= 0.3 is 0 Å². The van der Waals surface area contributed by atoms with E-state index in [-0.39, 0.29) is 23.7 Å². The molecule has 148 valence electrons. The van der Waals surface area contributed by atoms with Gasteiger partial charge in [0.25, 0.3) is 0 Å². The van der Waals surface area contributed by atoms with E-state index in [1.807, 2.05) is 52.0 Å². The first-order valence-electron chi connectivity index (χ1n) is 10.2. The van der Waals surface area contributed by atoms with Crippen molar-refractivity contribution in [1.82, 2.24) is 19.3 Å². The molecule has 7 nitrogen and oxygen atoms in total. The Morgan fingerprint density at radius 1 is 1.00 bits per heavy atom. The lowest BCUT2D eigenvalue weighted by atomic mass is 9.95. The van der Waals surface area contributed by atoms with Gasteiger partial charge in [-0.1, -0.05) is 12.1 Å². The van der Waals surface area contributed by atoms with E-state index in [4.69, 9.17) is 0 Å². The predicted octanol–water partition coefficient (Wildman–Crippen LogP) is 2.98. The van der Waals surface area contributed by atoms with E-state index in [2.05, 4.69) is 15.3 Å². The molecule has 2 aromatic heterocycles. The number of amides is 2. The molecule has 0 radical (unpaired) electrons. The first-order valence-corrected chi connectivity index (χ1v) is 10.2. The van der Waals surface area contributed by atoms with Gasteiger partial charge in [0.15, 0.2) is 0 Å². The van der Waals surface area contributed by atoms with Gasteiger partial charge in [0.2, 0.25) is 17.6 Å². The molecule has 2 aliphatic rings. The molecule has 3 aromatic rings. The average molecular weight is 389 g/mol. The molecule has 0 bridgehead atoms. The third kappa shape index (κ3) is 3.72. The van der Waals surface area contributed by atoms with Gasteiger partial charge in [-0.15, -0.1) is 0 Å². The summed E-state index contributed by atoms with van der Waals surface area (Å²) in [6, 6.07) is 9.57. The van der Waals surface area contributed by atoms with Gasteiger partial charge in [0.1, 0.15) is 0 Å². The number of fused-ring (bicyclic) bond motifs is 1. The molecule has 7 heteroatoms. The number of carbonyl (C=O) groups is 2. The molecule has 1 saturated carbocycles. The van der Waals surface area contributed by atoms with Gasteiger partial charge in [0.05, 0.1) is 5.69 Å². The number of hydrogen-bond donors (Lipinski definition) is 1. The second-order valence-electron chi connectivity index (χ2n) is 7.89. The molecular weight excluding hydrogens is 366 g/mol. The van der Waals surface area contributed by atoms with Crippen LogP contribution < -0.4 is 5.32 Å². The van der Waals surface area contributed by atoms with Crippen molar-refractivity contribution in [3.05, 3.63) is 48.9 Å². The number of benzene rings is 1. The highest BCUT2D eigenvalue weighted by Gasteiger charge is 2.35. The van der Waals surface area contributed by atoms with E-state index in [1.54, 1.807) is 6.20 Å². The zero-order valence-electron chi connectivity index (χ0n) is 16.1. The van der Waals surface area contributed by atoms with E-state index in [0.717, 1.165) is 42.6 Å². The Morgan fingerprint density at radius 3 is 2.45 bits per heavy atom. The van der Waals surface area contributed by atoms with Gasteiger partial charge in [-0.05, 0) is 43.9 Å². The number of imidazole rings is 1. The lowest BCUT2D eigenvalue weighted by Gasteiger charge is -2.31. The fraction of sp³-hybridized carbons (Fsp3) is 0.364. The van der Waals surface area contributed by atoms with E-state index in [9.17, 15) is 9.59 Å². The summed E-state index contributed by atoms with van der Waals surface area (Å²) in [6.07, 6.45) is 9.09. The average Bonchev–Trinajstić information content (AvgIpc) is 3.52. The van der Waals surface area contributed by atoms with Crippen LogP contribution in [0.1, 0.15) is 25.7 Å². The number of likely N-dealkylation sites (tertiary alicyclic amines) is 1. The maximum Gasteiger partial charge on any atom is 0.234 e. The molecule has 2 amide bonds. The Morgan fingerprint density at radius 2 is 1.76 bits per heavy atom. The summed E-state index contributed by atoms with van der Waals surface area (Å²) < 4.78 is 1.88.